The third-order valence-electron chi connectivity index (χ3n) is 5.98. The molecule has 0 bridgehead atoms. The van der Waals surface area contributed by atoms with Crippen molar-refractivity contribution in [3.05, 3.63) is 65.8 Å². The van der Waals surface area contributed by atoms with E-state index in [4.69, 9.17) is 13.9 Å². The second-order valence-electron chi connectivity index (χ2n) is 8.80. The average Bonchev–Trinajstić information content (AvgIpc) is 3.32. The van der Waals surface area contributed by atoms with Crippen LogP contribution in [-0.4, -0.2) is 11.1 Å². The normalized spacial score (nSPS) is 10.9. The zero-order valence-electron chi connectivity index (χ0n) is 20.9. The number of halogens is 1. The molecule has 2 heterocycles. The van der Waals surface area contributed by atoms with Gasteiger partial charge in [-0.05, 0) is 48.7 Å². The van der Waals surface area contributed by atoms with Crippen molar-refractivity contribution >= 4 is 6.16 Å². The van der Waals surface area contributed by atoms with Crippen molar-refractivity contribution in [1.29, 1.82) is 0 Å². The van der Waals surface area contributed by atoms with Crippen LogP contribution in [-0.2, 0) is 12.8 Å². The van der Waals surface area contributed by atoms with E-state index in [2.05, 4.69) is 11.9 Å². The van der Waals surface area contributed by atoms with Crippen LogP contribution in [0.25, 0.3) is 11.3 Å². The van der Waals surface area contributed by atoms with Crippen LogP contribution >= 0.6 is 0 Å². The number of aromatic nitrogens is 1. The van der Waals surface area contributed by atoms with Gasteiger partial charge in [0.05, 0.1) is 5.69 Å². The molecule has 1 aromatic carbocycles. The highest BCUT2D eigenvalue weighted by Gasteiger charge is 2.15. The first-order valence-corrected chi connectivity index (χ1v) is 12.8. The van der Waals surface area contributed by atoms with Crippen molar-refractivity contribution in [1.82, 2.24) is 4.98 Å². The fraction of sp³-hybridized carbons (Fsp3) is 0.448. The van der Waals surface area contributed by atoms with Gasteiger partial charge in [-0.25, -0.2) is 9.18 Å². The minimum absolute atomic E-state index is 0.00979. The number of unbranched alkanes of at least 4 members (excludes halogenated alkanes) is 8. The quantitative estimate of drug-likeness (QED) is 0.131. The Morgan fingerprint density at radius 1 is 0.886 bits per heavy atom. The van der Waals surface area contributed by atoms with Gasteiger partial charge in [-0.1, -0.05) is 71.3 Å². The van der Waals surface area contributed by atoms with E-state index in [9.17, 15) is 9.18 Å². The minimum atomic E-state index is -1.06. The number of ether oxygens (including phenoxy) is 2. The standard InChI is InChI=1S/C29H36FNO4/c1-3-5-6-7-8-9-10-11-12-13-22-14-17-26(31-21-22)23-15-18-27(25(30)20-23)34-29(32)35-28-19-16-24(4-2)33-28/h14-21H,3-13H2,1-2H3. The first-order valence-electron chi connectivity index (χ1n) is 12.8. The van der Waals surface area contributed by atoms with E-state index in [-0.39, 0.29) is 11.7 Å². The van der Waals surface area contributed by atoms with E-state index in [0.717, 1.165) is 12.8 Å². The maximum atomic E-state index is 14.5. The lowest BCUT2D eigenvalue weighted by Gasteiger charge is -2.07. The van der Waals surface area contributed by atoms with Crippen molar-refractivity contribution < 1.29 is 23.1 Å². The van der Waals surface area contributed by atoms with Gasteiger partial charge in [0.25, 0.3) is 5.95 Å². The summed E-state index contributed by atoms with van der Waals surface area (Å²) in [4.78, 5) is 16.4. The molecule has 0 aliphatic carbocycles. The van der Waals surface area contributed by atoms with Crippen molar-refractivity contribution in [3.8, 4) is 23.0 Å². The highest BCUT2D eigenvalue weighted by atomic mass is 19.1. The Morgan fingerprint density at radius 2 is 1.63 bits per heavy atom. The van der Waals surface area contributed by atoms with Crippen LogP contribution in [0.2, 0.25) is 0 Å². The molecule has 0 aliphatic heterocycles. The summed E-state index contributed by atoms with van der Waals surface area (Å²) in [5.74, 6) is -0.206. The maximum absolute atomic E-state index is 14.5. The molecule has 2 aromatic heterocycles. The number of rotatable bonds is 14. The fourth-order valence-corrected chi connectivity index (χ4v) is 3.92. The Labute approximate surface area is 207 Å². The van der Waals surface area contributed by atoms with Gasteiger partial charge in [-0.2, -0.15) is 0 Å². The first-order chi connectivity index (χ1) is 17.1. The van der Waals surface area contributed by atoms with Gasteiger partial charge in [0.15, 0.2) is 11.6 Å². The Bertz CT molecular complexity index is 1050. The van der Waals surface area contributed by atoms with Crippen molar-refractivity contribution in [3.63, 3.8) is 0 Å². The van der Waals surface area contributed by atoms with Gasteiger partial charge in [0.2, 0.25) is 0 Å². The molecular weight excluding hydrogens is 445 g/mol. The van der Waals surface area contributed by atoms with Gasteiger partial charge < -0.3 is 13.9 Å². The molecule has 6 heteroatoms. The molecule has 0 atom stereocenters. The van der Waals surface area contributed by atoms with E-state index in [1.807, 2.05) is 25.3 Å². The van der Waals surface area contributed by atoms with Gasteiger partial charge in [0, 0.05) is 24.2 Å². The molecule has 0 radical (unpaired) electrons. The monoisotopic (exact) mass is 481 g/mol. The number of nitrogens with zero attached hydrogens (tertiary/aromatic N) is 1. The number of carbonyl (C=O) groups is 1. The van der Waals surface area contributed by atoms with Crippen LogP contribution in [0.1, 0.15) is 83.0 Å². The smallest absolute Gasteiger partial charge is 0.430 e. The maximum Gasteiger partial charge on any atom is 0.521 e. The summed E-state index contributed by atoms with van der Waals surface area (Å²) in [6.45, 7) is 4.16. The number of furan rings is 1. The van der Waals surface area contributed by atoms with E-state index in [1.54, 1.807) is 12.1 Å². The molecule has 0 aliphatic rings. The zero-order valence-corrected chi connectivity index (χ0v) is 20.9. The molecule has 35 heavy (non-hydrogen) atoms. The van der Waals surface area contributed by atoms with Crippen molar-refractivity contribution in [2.45, 2.75) is 84.5 Å². The van der Waals surface area contributed by atoms with Crippen LogP contribution < -0.4 is 9.47 Å². The molecule has 0 unspecified atom stereocenters. The molecule has 0 amide bonds. The molecule has 0 saturated carbocycles. The Hall–Kier alpha value is -3.15. The summed E-state index contributed by atoms with van der Waals surface area (Å²) in [5, 5.41) is 0. The Balaban J connectivity index is 1.43. The Morgan fingerprint density at radius 3 is 2.26 bits per heavy atom. The molecule has 188 valence electrons. The SMILES string of the molecule is CCCCCCCCCCCc1ccc(-c2ccc(OC(=O)Oc3ccc(CC)o3)c(F)c2)nc1. The van der Waals surface area contributed by atoms with Crippen LogP contribution in [0.5, 0.6) is 11.7 Å². The van der Waals surface area contributed by atoms with Crippen molar-refractivity contribution in [2.75, 3.05) is 0 Å². The predicted molar refractivity (Wildman–Crippen MR) is 135 cm³/mol. The van der Waals surface area contributed by atoms with Crippen LogP contribution in [0, 0.1) is 5.82 Å². The molecule has 3 aromatic rings. The molecule has 3 rings (SSSR count). The topological polar surface area (TPSA) is 61.6 Å². The molecule has 0 saturated heterocycles. The summed E-state index contributed by atoms with van der Waals surface area (Å²) in [7, 11) is 0. The molecule has 0 spiro atoms. The zero-order chi connectivity index (χ0) is 24.9. The minimum Gasteiger partial charge on any atom is -0.430 e. The highest BCUT2D eigenvalue weighted by molar-refractivity contribution is 5.67. The predicted octanol–water partition coefficient (Wildman–Crippen LogP) is 8.69. The number of aryl methyl sites for hydroxylation is 2. The number of hydrogen-bond donors (Lipinski definition) is 0. The lowest BCUT2D eigenvalue weighted by Crippen LogP contribution is -2.14. The first kappa shape index (κ1) is 26.5. The van der Waals surface area contributed by atoms with Gasteiger partial charge in [-0.15, -0.1) is 0 Å². The van der Waals surface area contributed by atoms with E-state index in [0.29, 0.717) is 23.4 Å². The van der Waals surface area contributed by atoms with Crippen LogP contribution in [0.4, 0.5) is 9.18 Å². The number of pyridine rings is 1. The highest BCUT2D eigenvalue weighted by Crippen LogP contribution is 2.26. The van der Waals surface area contributed by atoms with Crippen LogP contribution in [0.15, 0.2) is 53.1 Å². The molecular formula is C29H36FNO4. The van der Waals surface area contributed by atoms with Crippen molar-refractivity contribution in [2.24, 2.45) is 0 Å². The largest absolute Gasteiger partial charge is 0.521 e. The third-order valence-corrected chi connectivity index (χ3v) is 5.98. The van der Waals surface area contributed by atoms with E-state index >= 15 is 0 Å². The molecule has 0 N–H and O–H groups in total. The lowest BCUT2D eigenvalue weighted by atomic mass is 10.0. The number of hydrogen-bond acceptors (Lipinski definition) is 5. The lowest BCUT2D eigenvalue weighted by molar-refractivity contribution is 0.137. The number of carbonyl (C=O) groups excluding carboxylic acids is 1. The Kier molecular flexibility index (Phi) is 10.8. The summed E-state index contributed by atoms with van der Waals surface area (Å²) in [6, 6.07) is 11.5. The second-order valence-corrected chi connectivity index (χ2v) is 8.80. The average molecular weight is 482 g/mol. The fourth-order valence-electron chi connectivity index (χ4n) is 3.92. The second kappa shape index (κ2) is 14.3. The number of benzene rings is 1. The summed E-state index contributed by atoms with van der Waals surface area (Å²) in [5.41, 5.74) is 2.46. The van der Waals surface area contributed by atoms with Crippen LogP contribution in [0.3, 0.4) is 0 Å². The van der Waals surface area contributed by atoms with Gasteiger partial charge in [-0.3, -0.25) is 4.98 Å². The van der Waals surface area contributed by atoms with E-state index < -0.39 is 12.0 Å². The molecule has 0 fully saturated rings. The van der Waals surface area contributed by atoms with E-state index in [1.165, 1.54) is 75.1 Å². The summed E-state index contributed by atoms with van der Waals surface area (Å²) < 4.78 is 29.8. The van der Waals surface area contributed by atoms with Gasteiger partial charge >= 0.3 is 6.16 Å². The molecule has 5 nitrogen and oxygen atoms in total. The van der Waals surface area contributed by atoms with Gasteiger partial charge in [0.1, 0.15) is 5.76 Å². The third kappa shape index (κ3) is 8.85. The summed E-state index contributed by atoms with van der Waals surface area (Å²) >= 11 is 0. The summed E-state index contributed by atoms with van der Waals surface area (Å²) in [6.07, 6.45) is 14.2.